The molecule has 0 saturated carbocycles. The Balaban J connectivity index is 0.00000432. The Kier molecular flexibility index (Phi) is 12.0. The molecule has 178 valence electrons. The van der Waals surface area contributed by atoms with Crippen LogP contribution in [0.25, 0.3) is 11.1 Å². The molecule has 0 saturated heterocycles. The van der Waals surface area contributed by atoms with Gasteiger partial charge >= 0.3 is 18.9 Å². The summed E-state index contributed by atoms with van der Waals surface area (Å²) in [4.78, 5) is 24.6. The molecule has 0 bridgehead atoms. The average Bonchev–Trinajstić information content (AvgIpc) is 2.85. The maximum Gasteiger partial charge on any atom is 1.00 e. The van der Waals surface area contributed by atoms with E-state index < -0.39 is 17.9 Å². The molecular formula is C28H30LiNO4S. The topological polar surface area (TPSA) is 78.5 Å². The molecule has 0 aliphatic rings. The molecule has 1 N–H and O–H groups in total. The average molecular weight is 484 g/mol. The second-order valence-electron chi connectivity index (χ2n) is 8.09. The first-order chi connectivity index (χ1) is 16.5. The zero-order valence-electron chi connectivity index (χ0n) is 20.6. The van der Waals surface area contributed by atoms with Gasteiger partial charge < -0.3 is 20.0 Å². The number of aliphatic carboxylic acids is 1. The van der Waals surface area contributed by atoms with Crippen molar-refractivity contribution in [3.8, 4) is 16.9 Å². The standard InChI is InChI=1S/C28H31NO4S.Li/c1-20-9-6-7-13-23(20)25-19-22(33-17-8-12-21-10-4-3-5-11-21)14-15-24(25)27(30)29-26(28(31)32)16-18-34-2;/h3-7,9-11,13-15,19,26H,8,12,16-18H2,1-2H3,(H,29,30)(H,31,32);/q;+1/p-1/t26-;/m0./s1. The molecule has 3 rings (SSSR count). The largest absolute Gasteiger partial charge is 1.00 e. The predicted molar refractivity (Wildman–Crippen MR) is 136 cm³/mol. The first-order valence-corrected chi connectivity index (χ1v) is 12.8. The molecule has 0 spiro atoms. The van der Waals surface area contributed by atoms with Crippen molar-refractivity contribution in [1.82, 2.24) is 5.32 Å². The summed E-state index contributed by atoms with van der Waals surface area (Å²) in [7, 11) is 0. The van der Waals surface area contributed by atoms with Gasteiger partial charge in [-0.15, -0.1) is 0 Å². The van der Waals surface area contributed by atoms with Gasteiger partial charge in [0.1, 0.15) is 5.75 Å². The van der Waals surface area contributed by atoms with Crippen molar-refractivity contribution in [2.24, 2.45) is 0 Å². The van der Waals surface area contributed by atoms with Crippen LogP contribution in [0.4, 0.5) is 0 Å². The summed E-state index contributed by atoms with van der Waals surface area (Å²) in [5.74, 6) is -0.441. The molecule has 0 aromatic heterocycles. The molecule has 0 radical (unpaired) electrons. The van der Waals surface area contributed by atoms with Crippen molar-refractivity contribution in [2.45, 2.75) is 32.2 Å². The third-order valence-electron chi connectivity index (χ3n) is 5.59. The molecule has 0 heterocycles. The molecule has 5 nitrogen and oxygen atoms in total. The number of carboxylic acids is 1. The SMILES string of the molecule is CSCC[C@H](NC(=O)c1ccc(OCCCc2ccccc2)cc1-c1ccccc1C)C(=O)[O-].[Li+]. The summed E-state index contributed by atoms with van der Waals surface area (Å²) in [6.07, 6.45) is 3.99. The molecule has 7 heteroatoms. The molecule has 3 aromatic rings. The van der Waals surface area contributed by atoms with Gasteiger partial charge in [0.2, 0.25) is 0 Å². The van der Waals surface area contributed by atoms with E-state index in [4.69, 9.17) is 4.74 Å². The molecule has 35 heavy (non-hydrogen) atoms. The van der Waals surface area contributed by atoms with Gasteiger partial charge in [0.15, 0.2) is 0 Å². The first kappa shape index (κ1) is 28.6. The molecule has 0 fully saturated rings. The normalized spacial score (nSPS) is 11.3. The summed E-state index contributed by atoms with van der Waals surface area (Å²) in [6.45, 7) is 2.53. The predicted octanol–water partition coefficient (Wildman–Crippen LogP) is 1.28. The fourth-order valence-corrected chi connectivity index (χ4v) is 4.21. The van der Waals surface area contributed by atoms with E-state index in [9.17, 15) is 14.7 Å². The van der Waals surface area contributed by atoms with Crippen LogP contribution in [0.1, 0.15) is 34.3 Å². The Hall–Kier alpha value is -2.65. The number of carbonyl (C=O) groups excluding carboxylic acids is 2. The Morgan fingerprint density at radius 3 is 2.40 bits per heavy atom. The number of benzene rings is 3. The van der Waals surface area contributed by atoms with Crippen molar-refractivity contribution in [1.29, 1.82) is 0 Å². The third kappa shape index (κ3) is 8.50. The van der Waals surface area contributed by atoms with Gasteiger partial charge in [0, 0.05) is 5.56 Å². The van der Waals surface area contributed by atoms with Crippen molar-refractivity contribution in [3.05, 3.63) is 89.5 Å². The van der Waals surface area contributed by atoms with Crippen LogP contribution < -0.4 is 34.0 Å². The van der Waals surface area contributed by atoms with Crippen molar-refractivity contribution >= 4 is 23.6 Å². The van der Waals surface area contributed by atoms with Crippen LogP contribution >= 0.6 is 11.8 Å². The summed E-state index contributed by atoms with van der Waals surface area (Å²) < 4.78 is 6.00. The summed E-state index contributed by atoms with van der Waals surface area (Å²) >= 11 is 1.52. The second kappa shape index (κ2) is 14.7. The second-order valence-corrected chi connectivity index (χ2v) is 9.07. The van der Waals surface area contributed by atoms with Gasteiger partial charge in [0.05, 0.1) is 18.6 Å². The maximum absolute atomic E-state index is 13.1. The fraction of sp³-hybridized carbons (Fsp3) is 0.286. The summed E-state index contributed by atoms with van der Waals surface area (Å²) in [5.41, 5.74) is 4.29. The molecule has 0 aliphatic carbocycles. The Bertz CT molecular complexity index is 1110. The number of rotatable bonds is 12. The number of nitrogens with one attached hydrogen (secondary N) is 1. The number of thioether (sulfide) groups is 1. The molecular weight excluding hydrogens is 453 g/mol. The van der Waals surface area contributed by atoms with Gasteiger partial charge in [-0.25, -0.2) is 0 Å². The van der Waals surface area contributed by atoms with Gasteiger partial charge in [-0.1, -0.05) is 54.6 Å². The van der Waals surface area contributed by atoms with Crippen LogP contribution in [-0.2, 0) is 11.2 Å². The minimum absolute atomic E-state index is 0. The zero-order chi connectivity index (χ0) is 24.3. The van der Waals surface area contributed by atoms with Gasteiger partial charge in [0.25, 0.3) is 5.91 Å². The van der Waals surface area contributed by atoms with Crippen LogP contribution in [0.15, 0.2) is 72.8 Å². The zero-order valence-corrected chi connectivity index (χ0v) is 21.4. The van der Waals surface area contributed by atoms with E-state index in [1.807, 2.05) is 61.7 Å². The summed E-state index contributed by atoms with van der Waals surface area (Å²) in [6, 6.07) is 22.3. The van der Waals surface area contributed by atoms with Crippen molar-refractivity contribution in [3.63, 3.8) is 0 Å². The minimum Gasteiger partial charge on any atom is -0.548 e. The van der Waals surface area contributed by atoms with E-state index >= 15 is 0 Å². The van der Waals surface area contributed by atoms with E-state index in [1.54, 1.807) is 12.1 Å². The number of hydrogen-bond acceptors (Lipinski definition) is 5. The smallest absolute Gasteiger partial charge is 0.548 e. The van der Waals surface area contributed by atoms with Gasteiger partial charge in [-0.3, -0.25) is 4.79 Å². The van der Waals surface area contributed by atoms with Crippen LogP contribution in [0, 0.1) is 6.92 Å². The van der Waals surface area contributed by atoms with E-state index in [-0.39, 0.29) is 18.9 Å². The van der Waals surface area contributed by atoms with Crippen molar-refractivity contribution in [2.75, 3.05) is 18.6 Å². The Morgan fingerprint density at radius 1 is 1.00 bits per heavy atom. The van der Waals surface area contributed by atoms with Crippen molar-refractivity contribution < 1.29 is 38.3 Å². The molecule has 1 amide bonds. The number of amides is 1. The van der Waals surface area contributed by atoms with E-state index in [0.29, 0.717) is 35.7 Å². The number of carbonyl (C=O) groups is 2. The fourth-order valence-electron chi connectivity index (χ4n) is 3.74. The Morgan fingerprint density at radius 2 is 1.71 bits per heavy atom. The maximum atomic E-state index is 13.1. The summed E-state index contributed by atoms with van der Waals surface area (Å²) in [5, 5.41) is 14.2. The van der Waals surface area contributed by atoms with Gasteiger partial charge in [-0.2, -0.15) is 11.8 Å². The van der Waals surface area contributed by atoms with Crippen LogP contribution in [0.3, 0.4) is 0 Å². The van der Waals surface area contributed by atoms with E-state index in [2.05, 4.69) is 17.4 Å². The number of ether oxygens (including phenoxy) is 1. The quantitative estimate of drug-likeness (QED) is 0.310. The Labute approximate surface area is 223 Å². The number of carboxylic acid groups (broad SMARTS) is 1. The number of hydrogen-bond donors (Lipinski definition) is 1. The molecule has 1 atom stereocenters. The van der Waals surface area contributed by atoms with E-state index in [0.717, 1.165) is 24.0 Å². The molecule has 0 aliphatic heterocycles. The van der Waals surface area contributed by atoms with Crippen LogP contribution in [-0.4, -0.2) is 36.5 Å². The molecule has 3 aromatic carbocycles. The molecule has 0 unspecified atom stereocenters. The monoisotopic (exact) mass is 483 g/mol. The van der Waals surface area contributed by atoms with E-state index in [1.165, 1.54) is 17.3 Å². The van der Waals surface area contributed by atoms with Crippen LogP contribution in [0.5, 0.6) is 5.75 Å². The van der Waals surface area contributed by atoms with Gasteiger partial charge in [-0.05, 0) is 78.6 Å². The number of aryl methyl sites for hydroxylation is 2. The third-order valence-corrected chi connectivity index (χ3v) is 6.24. The van der Waals surface area contributed by atoms with Crippen LogP contribution in [0.2, 0.25) is 0 Å². The first-order valence-electron chi connectivity index (χ1n) is 11.4. The minimum atomic E-state index is -1.28.